The Hall–Kier alpha value is -1.75. The number of rotatable bonds is 7. The van der Waals surface area contributed by atoms with Gasteiger partial charge in [0, 0.05) is 30.7 Å². The van der Waals surface area contributed by atoms with Crippen molar-refractivity contribution in [2.24, 2.45) is 17.8 Å². The van der Waals surface area contributed by atoms with Gasteiger partial charge < -0.3 is 20.3 Å². The van der Waals surface area contributed by atoms with Gasteiger partial charge in [0.1, 0.15) is 5.75 Å². The summed E-state index contributed by atoms with van der Waals surface area (Å²) in [6.07, 6.45) is 3.19. The van der Waals surface area contributed by atoms with E-state index in [1.54, 1.807) is 7.11 Å². The van der Waals surface area contributed by atoms with E-state index in [2.05, 4.69) is 41.5 Å². The maximum atomic E-state index is 12.7. The molecule has 5 heteroatoms. The molecule has 2 fully saturated rings. The number of amides is 1. The summed E-state index contributed by atoms with van der Waals surface area (Å²) < 4.78 is 5.26. The second kappa shape index (κ2) is 8.30. The molecule has 1 saturated heterocycles. The predicted octanol–water partition coefficient (Wildman–Crippen LogP) is 2.66. The lowest BCUT2D eigenvalue weighted by atomic mass is 9.97. The minimum Gasteiger partial charge on any atom is -0.497 e. The van der Waals surface area contributed by atoms with Crippen molar-refractivity contribution in [2.45, 2.75) is 45.2 Å². The fourth-order valence-corrected chi connectivity index (χ4v) is 4.56. The smallest absolute Gasteiger partial charge is 0.237 e. The molecule has 1 amide bonds. The Labute approximate surface area is 157 Å². The van der Waals surface area contributed by atoms with Crippen molar-refractivity contribution in [1.29, 1.82) is 0 Å². The zero-order valence-electron chi connectivity index (χ0n) is 16.5. The molecule has 1 saturated carbocycles. The van der Waals surface area contributed by atoms with Crippen molar-refractivity contribution in [3.8, 4) is 5.75 Å². The topological polar surface area (TPSA) is 53.6 Å². The number of methoxy groups -OCH3 is 1. The van der Waals surface area contributed by atoms with Gasteiger partial charge in [-0.15, -0.1) is 0 Å². The molecule has 0 aromatic heterocycles. The van der Waals surface area contributed by atoms with Crippen LogP contribution in [0.3, 0.4) is 0 Å². The number of hydrogen-bond donors (Lipinski definition) is 2. The Morgan fingerprint density at radius 1 is 1.23 bits per heavy atom. The summed E-state index contributed by atoms with van der Waals surface area (Å²) in [6, 6.07) is 8.52. The summed E-state index contributed by atoms with van der Waals surface area (Å²) in [5.41, 5.74) is 1.25. The van der Waals surface area contributed by atoms with E-state index in [0.29, 0.717) is 23.8 Å². The van der Waals surface area contributed by atoms with Gasteiger partial charge in [0.05, 0.1) is 13.2 Å². The Bertz CT molecular complexity index is 602. The molecule has 0 unspecified atom stereocenters. The second-order valence-corrected chi connectivity index (χ2v) is 8.19. The van der Waals surface area contributed by atoms with E-state index in [1.807, 2.05) is 19.2 Å². The molecule has 1 aliphatic heterocycles. The van der Waals surface area contributed by atoms with Crippen LogP contribution in [0.4, 0.5) is 5.69 Å². The summed E-state index contributed by atoms with van der Waals surface area (Å²) in [7, 11) is 3.57. The largest absolute Gasteiger partial charge is 0.497 e. The number of anilines is 1. The number of hydrogen-bond acceptors (Lipinski definition) is 4. The molecule has 3 rings (SSSR count). The van der Waals surface area contributed by atoms with Crippen molar-refractivity contribution in [2.75, 3.05) is 32.1 Å². The Balaban J connectivity index is 1.59. The number of ether oxygens (including phenoxy) is 1. The van der Waals surface area contributed by atoms with Gasteiger partial charge >= 0.3 is 0 Å². The summed E-state index contributed by atoms with van der Waals surface area (Å²) in [5, 5.41) is 6.53. The monoisotopic (exact) mass is 359 g/mol. The van der Waals surface area contributed by atoms with Crippen LogP contribution in [0.1, 0.15) is 33.1 Å². The van der Waals surface area contributed by atoms with Gasteiger partial charge in [-0.05, 0) is 62.4 Å². The van der Waals surface area contributed by atoms with E-state index >= 15 is 0 Å². The van der Waals surface area contributed by atoms with Crippen LogP contribution < -0.4 is 20.3 Å². The highest BCUT2D eigenvalue weighted by Crippen LogP contribution is 2.40. The van der Waals surface area contributed by atoms with Crippen LogP contribution >= 0.6 is 0 Å². The molecule has 1 aliphatic carbocycles. The maximum Gasteiger partial charge on any atom is 0.237 e. The second-order valence-electron chi connectivity index (χ2n) is 8.19. The van der Waals surface area contributed by atoms with Crippen LogP contribution in [0.2, 0.25) is 0 Å². The average Bonchev–Trinajstić information content (AvgIpc) is 3.21. The number of fused-ring (bicyclic) bond motifs is 1. The van der Waals surface area contributed by atoms with Gasteiger partial charge in [-0.1, -0.05) is 13.8 Å². The number of nitrogens with one attached hydrogen (secondary N) is 2. The first kappa shape index (κ1) is 19.0. The van der Waals surface area contributed by atoms with E-state index < -0.39 is 0 Å². The summed E-state index contributed by atoms with van der Waals surface area (Å²) in [4.78, 5) is 15.1. The first-order chi connectivity index (χ1) is 12.5. The molecule has 1 heterocycles. The zero-order chi connectivity index (χ0) is 18.7. The number of benzene rings is 1. The van der Waals surface area contributed by atoms with Crippen molar-refractivity contribution in [1.82, 2.24) is 10.6 Å². The molecule has 4 atom stereocenters. The molecule has 1 aromatic rings. The Kier molecular flexibility index (Phi) is 6.07. The van der Waals surface area contributed by atoms with E-state index in [1.165, 1.54) is 12.1 Å². The molecule has 1 aromatic carbocycles. The van der Waals surface area contributed by atoms with Gasteiger partial charge in [-0.3, -0.25) is 4.79 Å². The average molecular weight is 360 g/mol. The highest BCUT2D eigenvalue weighted by molar-refractivity contribution is 5.82. The van der Waals surface area contributed by atoms with E-state index in [-0.39, 0.29) is 11.9 Å². The van der Waals surface area contributed by atoms with Gasteiger partial charge in [0.15, 0.2) is 0 Å². The lowest BCUT2D eigenvalue weighted by Gasteiger charge is -2.25. The fraction of sp³-hybridized carbons (Fsp3) is 0.667. The van der Waals surface area contributed by atoms with E-state index in [4.69, 9.17) is 4.74 Å². The van der Waals surface area contributed by atoms with Crippen molar-refractivity contribution in [3.63, 3.8) is 0 Å². The number of nitrogens with zero attached hydrogens (tertiary/aromatic N) is 1. The molecule has 144 valence electrons. The highest BCUT2D eigenvalue weighted by Gasteiger charge is 2.43. The third kappa shape index (κ3) is 4.14. The molecule has 2 N–H and O–H groups in total. The SMILES string of the molecule is CN[C@@H](CC(C)C)C(=O)N[C@H]1CC[C@@H]2CN(c3ccc(OC)cc3)C[C@@H]21. The lowest BCUT2D eigenvalue weighted by molar-refractivity contribution is -0.124. The van der Waals surface area contributed by atoms with Crippen LogP contribution in [-0.2, 0) is 4.79 Å². The molecular weight excluding hydrogens is 326 g/mol. The standard InChI is InChI=1S/C21H33N3O2/c1-14(2)11-20(22-3)21(25)23-19-10-5-15-12-24(13-18(15)19)16-6-8-17(26-4)9-7-16/h6-9,14-15,18-20,22H,5,10-13H2,1-4H3,(H,23,25)/t15-,18+,19+,20+/m1/s1. The van der Waals surface area contributed by atoms with Crippen LogP contribution in [0, 0.1) is 17.8 Å². The molecular formula is C21H33N3O2. The lowest BCUT2D eigenvalue weighted by Crippen LogP contribution is -2.49. The highest BCUT2D eigenvalue weighted by atomic mass is 16.5. The Morgan fingerprint density at radius 3 is 2.58 bits per heavy atom. The zero-order valence-corrected chi connectivity index (χ0v) is 16.5. The van der Waals surface area contributed by atoms with Gasteiger partial charge in [0.25, 0.3) is 0 Å². The number of likely N-dealkylation sites (N-methyl/N-ethyl adjacent to an activating group) is 1. The molecule has 2 aliphatic rings. The van der Waals surface area contributed by atoms with Crippen LogP contribution in [-0.4, -0.2) is 45.2 Å². The maximum absolute atomic E-state index is 12.7. The summed E-state index contributed by atoms with van der Waals surface area (Å²) in [6.45, 7) is 6.43. The van der Waals surface area contributed by atoms with Crippen LogP contribution in [0.5, 0.6) is 5.75 Å². The Morgan fingerprint density at radius 2 is 1.96 bits per heavy atom. The molecule has 0 bridgehead atoms. The van der Waals surface area contributed by atoms with Crippen LogP contribution in [0.25, 0.3) is 0 Å². The summed E-state index contributed by atoms with van der Waals surface area (Å²) >= 11 is 0. The third-order valence-corrected chi connectivity index (χ3v) is 5.99. The van der Waals surface area contributed by atoms with Crippen molar-refractivity contribution < 1.29 is 9.53 Å². The molecule has 5 nitrogen and oxygen atoms in total. The molecule has 26 heavy (non-hydrogen) atoms. The van der Waals surface area contributed by atoms with E-state index in [9.17, 15) is 4.79 Å². The van der Waals surface area contributed by atoms with Gasteiger partial charge in [0.2, 0.25) is 5.91 Å². The van der Waals surface area contributed by atoms with Crippen molar-refractivity contribution in [3.05, 3.63) is 24.3 Å². The first-order valence-electron chi connectivity index (χ1n) is 9.88. The summed E-state index contributed by atoms with van der Waals surface area (Å²) in [5.74, 6) is 2.79. The quantitative estimate of drug-likeness (QED) is 0.786. The minimum atomic E-state index is -0.0897. The molecule has 0 radical (unpaired) electrons. The van der Waals surface area contributed by atoms with E-state index in [0.717, 1.165) is 31.7 Å². The number of carbonyl (C=O) groups is 1. The van der Waals surface area contributed by atoms with Crippen molar-refractivity contribution >= 4 is 11.6 Å². The minimum absolute atomic E-state index is 0.0897. The first-order valence-corrected chi connectivity index (χ1v) is 9.88. The normalized spacial score (nSPS) is 26.0. The fourth-order valence-electron chi connectivity index (χ4n) is 4.56. The predicted molar refractivity (Wildman–Crippen MR) is 106 cm³/mol. The molecule has 0 spiro atoms. The van der Waals surface area contributed by atoms with Gasteiger partial charge in [-0.2, -0.15) is 0 Å². The van der Waals surface area contributed by atoms with Gasteiger partial charge in [-0.25, -0.2) is 0 Å². The third-order valence-electron chi connectivity index (χ3n) is 5.99. The van der Waals surface area contributed by atoms with Crippen LogP contribution in [0.15, 0.2) is 24.3 Å². The number of carbonyl (C=O) groups excluding carboxylic acids is 1.